The lowest BCUT2D eigenvalue weighted by Gasteiger charge is -2.59. The molecule has 5 heterocycles. The number of esters is 2. The van der Waals surface area contributed by atoms with Crippen LogP contribution in [0.25, 0.3) is 0 Å². The Balaban J connectivity index is 0.830. The van der Waals surface area contributed by atoms with Gasteiger partial charge in [0.25, 0.3) is 0 Å². The largest absolute Gasteiger partial charge is 0.504 e. The highest BCUT2D eigenvalue weighted by Gasteiger charge is 2.71. The van der Waals surface area contributed by atoms with Crippen LogP contribution >= 0.6 is 0 Å². The Bertz CT molecular complexity index is 2850. The van der Waals surface area contributed by atoms with Crippen molar-refractivity contribution in [3.05, 3.63) is 35.4 Å². The van der Waals surface area contributed by atoms with Crippen LogP contribution in [0.4, 0.5) is 0 Å². The van der Waals surface area contributed by atoms with Crippen molar-refractivity contribution < 1.29 is 153 Å². The zero-order chi connectivity index (χ0) is 69.8. The highest BCUT2D eigenvalue weighted by Crippen LogP contribution is 2.69. The first-order valence-corrected chi connectivity index (χ1v) is 33.2. The van der Waals surface area contributed by atoms with E-state index < -0.39 is 221 Å². The van der Waals surface area contributed by atoms with E-state index in [0.29, 0.717) is 44.9 Å². The molecule has 0 aromatic heterocycles. The molecule has 0 spiro atoms. The summed E-state index contributed by atoms with van der Waals surface area (Å²) in [6, 6.07) is 3.62. The molecule has 31 heteroatoms. The SMILES string of the molecule is COc1cc(C(=O)O[C@H]2[C@H](O[C@@H]3[C@@H](OC(C)=O)[C@H](O[C@H]4C[C@H]5[C@@H]6CC=C7C[C@@H](O[C@@H]8O[C@H](CO[C@@H]9O[C@H](CO)[C@@H](O[C@@H]%10O[C@H](CO)[C@@H](O)[C@H](O)[C@H]%10O)[C@H](O)[C@H]9O)[C@@H](O)[C@H](O)[C@H]8O)CC[C@]7(C)[C@H]6CC[C@]5(C)[C@@]4(O)[C@H](C)C(=O)CCC(C)C)OC[C@@H]3O)OC[C@@H](O)[C@@H]2O)ccc1O. The first-order chi connectivity index (χ1) is 45.4. The second-order valence-corrected chi connectivity index (χ2v) is 28.3. The fourth-order valence-corrected chi connectivity index (χ4v) is 16.5. The summed E-state index contributed by atoms with van der Waals surface area (Å²) in [4.78, 5) is 41.2. The van der Waals surface area contributed by atoms with Crippen molar-refractivity contribution in [2.45, 2.75) is 258 Å². The number of fused-ring (bicyclic) bond motifs is 5. The molecule has 10 rings (SSSR count). The molecule has 1 aromatic carbocycles. The van der Waals surface area contributed by atoms with Gasteiger partial charge in [-0.15, -0.1) is 0 Å². The molecule has 0 amide bonds. The number of methoxy groups -OCH3 is 1. The van der Waals surface area contributed by atoms with E-state index in [1.165, 1.54) is 25.3 Å². The molecule has 0 unspecified atom stereocenters. The highest BCUT2D eigenvalue weighted by molar-refractivity contribution is 5.90. The van der Waals surface area contributed by atoms with Crippen LogP contribution in [0.1, 0.15) is 110 Å². The molecule has 96 heavy (non-hydrogen) atoms. The van der Waals surface area contributed by atoms with E-state index >= 15 is 0 Å². The van der Waals surface area contributed by atoms with Gasteiger partial charge in [-0.1, -0.05) is 46.3 Å². The molecule has 5 aliphatic heterocycles. The topological polar surface area (TPSA) is 475 Å². The number of allylic oxidation sites excluding steroid dienone is 1. The molecule has 8 fully saturated rings. The average molecular weight is 1380 g/mol. The van der Waals surface area contributed by atoms with Gasteiger partial charge in [-0.25, -0.2) is 4.79 Å². The minimum Gasteiger partial charge on any atom is -0.504 e. The Labute approximate surface area is 554 Å². The summed E-state index contributed by atoms with van der Waals surface area (Å²) in [5.41, 5.74) is -2.28. The summed E-state index contributed by atoms with van der Waals surface area (Å²) in [7, 11) is 1.27. The molecule has 0 radical (unpaired) electrons. The summed E-state index contributed by atoms with van der Waals surface area (Å²) >= 11 is 0. The smallest absolute Gasteiger partial charge is 0.338 e. The lowest BCUT2D eigenvalue weighted by molar-refractivity contribution is -0.365. The van der Waals surface area contributed by atoms with Gasteiger partial charge in [-0.2, -0.15) is 0 Å². The summed E-state index contributed by atoms with van der Waals surface area (Å²) in [5.74, 6) is -3.54. The van der Waals surface area contributed by atoms with Crippen molar-refractivity contribution in [1.82, 2.24) is 0 Å². The number of phenols is 1. The number of carbonyl (C=O) groups is 3. The van der Waals surface area contributed by atoms with Gasteiger partial charge in [0.1, 0.15) is 109 Å². The number of aliphatic hydroxyl groups excluding tert-OH is 13. The summed E-state index contributed by atoms with van der Waals surface area (Å²) in [6.45, 7) is 7.76. The maximum atomic E-state index is 14.5. The quantitative estimate of drug-likeness (QED) is 0.0412. The Morgan fingerprint density at radius 1 is 0.646 bits per heavy atom. The molecule has 15 N–H and O–H groups in total. The van der Waals surface area contributed by atoms with Crippen LogP contribution in [0.2, 0.25) is 0 Å². The normalized spacial score (nSPS) is 46.0. The fourth-order valence-electron chi connectivity index (χ4n) is 16.5. The Kier molecular flexibility index (Phi) is 23.7. The molecule has 4 aliphatic carbocycles. The first kappa shape index (κ1) is 74.9. The third-order valence-corrected chi connectivity index (χ3v) is 22.2. The van der Waals surface area contributed by atoms with Crippen LogP contribution in [-0.2, 0) is 66.4 Å². The van der Waals surface area contributed by atoms with Gasteiger partial charge in [-0.3, -0.25) is 9.59 Å². The molecule has 32 atom stereocenters. The summed E-state index contributed by atoms with van der Waals surface area (Å²) < 4.78 is 76.9. The standard InChI is InChI=1S/C65H98O31/c1-26(2)8-12-35(69)27(3)65(83)43(93-62-56(88-28(4)68)53(38(72)24-86-62)95-61-55(44(73)37(71)23-85-61)94-57(82)29-9-13-36(70)39(18-29)84-7)20-34-32-11-10-30-19-31(14-16-63(30,5)33(32)15-17-64(34,65)6)89-59-50(79)48(77)46(75)42(92-59)25-87-58-52(81)49(78)54(41(22-67)91-58)96-60-51(80)47(76)45(74)40(21-66)90-60/h9-10,13,18,26-27,31-34,37-38,40-56,58-62,66-67,70-81,83H,8,11-12,14-17,19-25H2,1-7H3/t27-,31+,32-,33+,34+,37-,38+,40-,41-,42-,43+,44+,45-,46-,47+,48+,49-,50-,51-,52-,53+,54-,55-,56-,58-,59-,60+,61+,62+,63+,64+,65-/m1/s1. The van der Waals surface area contributed by atoms with Crippen molar-refractivity contribution in [3.63, 3.8) is 0 Å². The zero-order valence-corrected chi connectivity index (χ0v) is 54.8. The molecular formula is C65H98O31. The third kappa shape index (κ3) is 14.4. The molecule has 9 aliphatic rings. The second kappa shape index (κ2) is 30.4. The van der Waals surface area contributed by atoms with E-state index in [9.17, 15) is 91.0 Å². The second-order valence-electron chi connectivity index (χ2n) is 28.3. The maximum absolute atomic E-state index is 14.5. The Morgan fingerprint density at radius 3 is 1.92 bits per heavy atom. The summed E-state index contributed by atoms with van der Waals surface area (Å²) in [6.07, 6.45) is -34.2. The highest BCUT2D eigenvalue weighted by atomic mass is 16.8. The van der Waals surface area contributed by atoms with Gasteiger partial charge in [0, 0.05) is 24.7 Å². The predicted octanol–water partition coefficient (Wildman–Crippen LogP) is -2.80. The molecule has 5 saturated heterocycles. The number of aliphatic hydroxyl groups is 14. The first-order valence-electron chi connectivity index (χ1n) is 33.2. The molecule has 31 nitrogen and oxygen atoms in total. The predicted molar refractivity (Wildman–Crippen MR) is 321 cm³/mol. The lowest BCUT2D eigenvalue weighted by atomic mass is 9.46. The van der Waals surface area contributed by atoms with Crippen LogP contribution < -0.4 is 4.74 Å². The van der Waals surface area contributed by atoms with Crippen LogP contribution in [-0.4, -0.2) is 294 Å². The zero-order valence-electron chi connectivity index (χ0n) is 54.8. The minimum atomic E-state index is -1.92. The van der Waals surface area contributed by atoms with E-state index in [1.807, 2.05) is 20.8 Å². The van der Waals surface area contributed by atoms with Crippen molar-refractivity contribution in [1.29, 1.82) is 0 Å². The van der Waals surface area contributed by atoms with Crippen LogP contribution in [0, 0.1) is 40.4 Å². The number of phenolic OH excluding ortho intramolecular Hbond substituents is 1. The van der Waals surface area contributed by atoms with Gasteiger partial charge in [-0.05, 0) is 98.7 Å². The van der Waals surface area contributed by atoms with E-state index in [1.54, 1.807) is 6.92 Å². The van der Waals surface area contributed by atoms with Gasteiger partial charge in [0.05, 0.1) is 57.9 Å². The average Bonchev–Trinajstić information content (AvgIpc) is 1.10. The monoisotopic (exact) mass is 1370 g/mol. The van der Waals surface area contributed by atoms with Gasteiger partial charge < -0.3 is 138 Å². The van der Waals surface area contributed by atoms with Crippen molar-refractivity contribution in [3.8, 4) is 11.5 Å². The van der Waals surface area contributed by atoms with E-state index in [4.69, 9.17) is 61.6 Å². The van der Waals surface area contributed by atoms with Crippen molar-refractivity contribution in [2.24, 2.45) is 40.4 Å². The lowest BCUT2D eigenvalue weighted by Crippen LogP contribution is -2.65. The van der Waals surface area contributed by atoms with Crippen LogP contribution in [0.15, 0.2) is 29.8 Å². The molecule has 0 bridgehead atoms. The van der Waals surface area contributed by atoms with Gasteiger partial charge >= 0.3 is 11.9 Å². The molecule has 1 aromatic rings. The number of benzene rings is 1. The number of ketones is 1. The number of aromatic hydroxyl groups is 1. The van der Waals surface area contributed by atoms with Crippen molar-refractivity contribution in [2.75, 3.05) is 40.1 Å². The van der Waals surface area contributed by atoms with E-state index in [0.717, 1.165) is 12.5 Å². The Hall–Kier alpha value is -3.79. The number of carbonyl (C=O) groups excluding carboxylic acids is 3. The fraction of sp³-hybridized carbons (Fsp3) is 0.831. The van der Waals surface area contributed by atoms with E-state index in [2.05, 4.69) is 13.0 Å². The van der Waals surface area contributed by atoms with Crippen LogP contribution in [0.5, 0.6) is 11.5 Å². The number of hydrogen-bond acceptors (Lipinski definition) is 31. The minimum absolute atomic E-state index is 0.0347. The third-order valence-electron chi connectivity index (χ3n) is 22.2. The van der Waals surface area contributed by atoms with Gasteiger partial charge in [0.15, 0.2) is 55.2 Å². The van der Waals surface area contributed by atoms with Gasteiger partial charge in [0.2, 0.25) is 0 Å². The number of ether oxygens (including phenoxy) is 13. The Morgan fingerprint density at radius 2 is 1.26 bits per heavy atom. The molecule has 3 saturated carbocycles. The molecule has 544 valence electrons. The van der Waals surface area contributed by atoms with Crippen LogP contribution in [0.3, 0.4) is 0 Å². The number of rotatable bonds is 22. The summed E-state index contributed by atoms with van der Waals surface area (Å²) in [5, 5.41) is 164. The molecular weight excluding hydrogens is 1280 g/mol. The number of hydrogen-bond donors (Lipinski definition) is 15. The number of Topliss-reactive ketones (excluding diaryl/α,β-unsaturated/α-hetero) is 1. The van der Waals surface area contributed by atoms with E-state index in [-0.39, 0.29) is 59.4 Å². The maximum Gasteiger partial charge on any atom is 0.338 e. The van der Waals surface area contributed by atoms with Crippen molar-refractivity contribution >= 4 is 17.7 Å².